The van der Waals surface area contributed by atoms with E-state index in [9.17, 15) is 4.39 Å². The average Bonchev–Trinajstić information content (AvgIpc) is 2.14. The van der Waals surface area contributed by atoms with E-state index in [0.717, 1.165) is 0 Å². The largest absolute Gasteiger partial charge is 0.497 e. The fourth-order valence-electron chi connectivity index (χ4n) is 1.00. The lowest BCUT2D eigenvalue weighted by atomic mass is 10.1. The number of benzene rings is 1. The Morgan fingerprint density at radius 1 is 1.33 bits per heavy atom. The second-order valence-electron chi connectivity index (χ2n) is 4.32. The van der Waals surface area contributed by atoms with Crippen LogP contribution in [0.25, 0.3) is 0 Å². The maximum Gasteiger partial charge on any atom is 0.135 e. The molecule has 0 aromatic heterocycles. The summed E-state index contributed by atoms with van der Waals surface area (Å²) in [5.74, 6) is 0.197. The molecule has 0 bridgehead atoms. The molecule has 0 amide bonds. The number of hydrogen-bond acceptors (Lipinski definition) is 2. The minimum Gasteiger partial charge on any atom is -0.497 e. The summed E-state index contributed by atoms with van der Waals surface area (Å²) >= 11 is 0. The first kappa shape index (κ1) is 11.7. The molecular formula is C12H16FNO. The van der Waals surface area contributed by atoms with Gasteiger partial charge in [0.1, 0.15) is 11.6 Å². The Morgan fingerprint density at radius 3 is 2.47 bits per heavy atom. The number of halogens is 1. The number of nitrogens with zero attached hydrogens (tertiary/aromatic N) is 1. The van der Waals surface area contributed by atoms with Crippen molar-refractivity contribution in [2.45, 2.75) is 26.3 Å². The molecule has 0 spiro atoms. The molecule has 3 heteroatoms. The van der Waals surface area contributed by atoms with Crippen molar-refractivity contribution >= 4 is 6.21 Å². The van der Waals surface area contributed by atoms with E-state index in [1.807, 2.05) is 20.8 Å². The number of aliphatic imine (C=N–C) groups is 1. The summed E-state index contributed by atoms with van der Waals surface area (Å²) in [6, 6.07) is 4.72. The summed E-state index contributed by atoms with van der Waals surface area (Å²) in [4.78, 5) is 4.24. The molecule has 1 aromatic carbocycles. The van der Waals surface area contributed by atoms with Crippen molar-refractivity contribution in [2.24, 2.45) is 4.99 Å². The zero-order valence-corrected chi connectivity index (χ0v) is 9.54. The molecule has 0 aliphatic heterocycles. The van der Waals surface area contributed by atoms with Crippen LogP contribution in [0.5, 0.6) is 5.75 Å². The molecule has 0 N–H and O–H groups in total. The molecule has 2 nitrogen and oxygen atoms in total. The van der Waals surface area contributed by atoms with Gasteiger partial charge in [0.2, 0.25) is 0 Å². The van der Waals surface area contributed by atoms with E-state index in [1.165, 1.54) is 13.2 Å². The summed E-state index contributed by atoms with van der Waals surface area (Å²) in [6.07, 6.45) is 1.55. The predicted molar refractivity (Wildman–Crippen MR) is 60.3 cm³/mol. The first-order valence-corrected chi connectivity index (χ1v) is 4.81. The Labute approximate surface area is 89.8 Å². The van der Waals surface area contributed by atoms with Crippen molar-refractivity contribution in [1.82, 2.24) is 0 Å². The molecule has 0 saturated heterocycles. The Kier molecular flexibility index (Phi) is 3.45. The van der Waals surface area contributed by atoms with Crippen LogP contribution in [0, 0.1) is 5.82 Å². The van der Waals surface area contributed by atoms with Crippen LogP contribution < -0.4 is 4.74 Å². The fraction of sp³-hybridized carbons (Fsp3) is 0.417. The highest BCUT2D eigenvalue weighted by molar-refractivity contribution is 5.80. The maximum atomic E-state index is 13.4. The molecule has 0 aliphatic carbocycles. The van der Waals surface area contributed by atoms with Gasteiger partial charge >= 0.3 is 0 Å². The van der Waals surface area contributed by atoms with E-state index in [1.54, 1.807) is 18.3 Å². The number of methoxy groups -OCH3 is 1. The van der Waals surface area contributed by atoms with Crippen LogP contribution in [0.4, 0.5) is 4.39 Å². The van der Waals surface area contributed by atoms with Crippen molar-refractivity contribution in [2.75, 3.05) is 7.11 Å². The fourth-order valence-corrected chi connectivity index (χ4v) is 1.00. The van der Waals surface area contributed by atoms with Gasteiger partial charge in [-0.25, -0.2) is 4.39 Å². The summed E-state index contributed by atoms with van der Waals surface area (Å²) < 4.78 is 18.4. The smallest absolute Gasteiger partial charge is 0.135 e. The van der Waals surface area contributed by atoms with Crippen LogP contribution in [-0.2, 0) is 0 Å². The quantitative estimate of drug-likeness (QED) is 0.686. The van der Waals surface area contributed by atoms with Crippen molar-refractivity contribution in [3.63, 3.8) is 0 Å². The van der Waals surface area contributed by atoms with E-state index >= 15 is 0 Å². The van der Waals surface area contributed by atoms with E-state index in [4.69, 9.17) is 4.74 Å². The van der Waals surface area contributed by atoms with Gasteiger partial charge in [0.25, 0.3) is 0 Å². The first-order valence-electron chi connectivity index (χ1n) is 4.81. The zero-order valence-electron chi connectivity index (χ0n) is 9.54. The minimum absolute atomic E-state index is 0.188. The Balaban J connectivity index is 2.92. The second-order valence-corrected chi connectivity index (χ2v) is 4.32. The van der Waals surface area contributed by atoms with Crippen molar-refractivity contribution < 1.29 is 9.13 Å². The predicted octanol–water partition coefficient (Wildman–Crippen LogP) is 3.05. The first-order chi connectivity index (χ1) is 6.92. The van der Waals surface area contributed by atoms with Crippen LogP contribution in [0.2, 0.25) is 0 Å². The van der Waals surface area contributed by atoms with Gasteiger partial charge in [0.05, 0.1) is 12.6 Å². The molecule has 82 valence electrons. The second kappa shape index (κ2) is 4.43. The molecule has 0 saturated carbocycles. The zero-order chi connectivity index (χ0) is 11.5. The Morgan fingerprint density at radius 2 is 2.00 bits per heavy atom. The number of rotatable bonds is 2. The Hall–Kier alpha value is -1.38. The number of ether oxygens (including phenoxy) is 1. The van der Waals surface area contributed by atoms with Crippen LogP contribution in [0.15, 0.2) is 23.2 Å². The van der Waals surface area contributed by atoms with Gasteiger partial charge in [0, 0.05) is 17.8 Å². The van der Waals surface area contributed by atoms with E-state index in [-0.39, 0.29) is 11.4 Å². The third-order valence-corrected chi connectivity index (χ3v) is 1.80. The van der Waals surface area contributed by atoms with Crippen molar-refractivity contribution in [3.8, 4) is 5.75 Å². The van der Waals surface area contributed by atoms with Gasteiger partial charge < -0.3 is 4.74 Å². The molecule has 15 heavy (non-hydrogen) atoms. The van der Waals surface area contributed by atoms with Gasteiger partial charge in [-0.3, -0.25) is 4.99 Å². The SMILES string of the molecule is COc1ccc(C=NC(C)(C)C)c(F)c1. The molecule has 0 atom stereocenters. The highest BCUT2D eigenvalue weighted by atomic mass is 19.1. The summed E-state index contributed by atoms with van der Waals surface area (Å²) in [6.45, 7) is 5.89. The average molecular weight is 209 g/mol. The molecule has 0 heterocycles. The molecule has 0 unspecified atom stereocenters. The van der Waals surface area contributed by atoms with Gasteiger partial charge in [0.15, 0.2) is 0 Å². The van der Waals surface area contributed by atoms with E-state index < -0.39 is 0 Å². The van der Waals surface area contributed by atoms with Gasteiger partial charge in [-0.2, -0.15) is 0 Å². The molecule has 0 radical (unpaired) electrons. The molecule has 1 rings (SSSR count). The lowest BCUT2D eigenvalue weighted by Gasteiger charge is -2.11. The summed E-state index contributed by atoms with van der Waals surface area (Å²) in [5.41, 5.74) is 0.289. The van der Waals surface area contributed by atoms with Crippen LogP contribution in [0.1, 0.15) is 26.3 Å². The molecular weight excluding hydrogens is 193 g/mol. The summed E-state index contributed by atoms with van der Waals surface area (Å²) in [5, 5.41) is 0. The maximum absolute atomic E-state index is 13.4. The van der Waals surface area contributed by atoms with Crippen molar-refractivity contribution in [1.29, 1.82) is 0 Å². The van der Waals surface area contributed by atoms with Crippen LogP contribution in [0.3, 0.4) is 0 Å². The highest BCUT2D eigenvalue weighted by Gasteiger charge is 2.06. The highest BCUT2D eigenvalue weighted by Crippen LogP contribution is 2.15. The van der Waals surface area contributed by atoms with Crippen LogP contribution in [-0.4, -0.2) is 18.9 Å². The van der Waals surface area contributed by atoms with Gasteiger partial charge in [-0.1, -0.05) is 0 Å². The lowest BCUT2D eigenvalue weighted by molar-refractivity contribution is 0.411. The van der Waals surface area contributed by atoms with E-state index in [2.05, 4.69) is 4.99 Å². The normalized spacial score (nSPS) is 12.1. The van der Waals surface area contributed by atoms with E-state index in [0.29, 0.717) is 11.3 Å². The topological polar surface area (TPSA) is 21.6 Å². The third kappa shape index (κ3) is 3.70. The molecule has 0 aliphatic rings. The Bertz CT molecular complexity index is 366. The van der Waals surface area contributed by atoms with Crippen molar-refractivity contribution in [3.05, 3.63) is 29.6 Å². The monoisotopic (exact) mass is 209 g/mol. The third-order valence-electron chi connectivity index (χ3n) is 1.80. The van der Waals surface area contributed by atoms with Crippen LogP contribution >= 0.6 is 0 Å². The van der Waals surface area contributed by atoms with Gasteiger partial charge in [-0.05, 0) is 32.9 Å². The van der Waals surface area contributed by atoms with Gasteiger partial charge in [-0.15, -0.1) is 0 Å². The summed E-state index contributed by atoms with van der Waals surface area (Å²) in [7, 11) is 1.51. The lowest BCUT2D eigenvalue weighted by Crippen LogP contribution is -2.09. The molecule has 0 fully saturated rings. The minimum atomic E-state index is -0.317. The standard InChI is InChI=1S/C12H16FNO/c1-12(2,3)14-8-9-5-6-10(15-4)7-11(9)13/h5-8H,1-4H3. The number of hydrogen-bond donors (Lipinski definition) is 0. The molecule has 1 aromatic rings.